The Morgan fingerprint density at radius 1 is 0.184 bits per heavy atom. The quantitative estimate of drug-likeness (QED) is 0.0200. The van der Waals surface area contributed by atoms with E-state index in [-0.39, 0.29) is 311 Å². The molecule has 30 saturated heterocycles. The topological polar surface area (TPSA) is 752 Å². The van der Waals surface area contributed by atoms with Crippen molar-refractivity contribution in [2.75, 3.05) is 92.0 Å². The molecule has 14 N–H and O–H groups in total. The standard InChI is InChI=1S/C74H116O46S8.8Na/c1-27-46(92)68-106-29(19-121-11-3-37(75)76)59(27)113-69-53(99)47(93)61(31(107-69)21-123-13-5-39(79)80)114-67-28(2)45(91)60(30(105-67)20-122-12-4-38(77)78)115-70-54(100)49(95)63(33(108-70)23-125-15-7-41(83)84)117-72-56(102)51(97)65(35(110-72)25-127-17-9-43(87)88)119-74-58(104)52(98)66(36(112-74)26-128-18-10-44(89)90)120-73-57(103)50(96)64(34(111-73)24-126-16-8-42(85)86)118-71-55(101)48(94)62(116-68)32(109-71)22-124-14-6-40(81)82;;;;;;;;/h27-36,45-74,91-104H,3-26H2,1-2H3,(H,75,76)(H,77,78)(H,79,80)(H,81,82)(H,83,84)(H,85,86)(H,87,88)(H,89,90);;;;;;;;/q;8*+1/p-8/t27-,28-,29-,30-,31-,32-,33-,34-,35-,36-,45-,46-,47-,48-,49-,50-,51-,52-,53-,54-,55-,56-,57-,58-,59+,60-,61-,62-,63-,64-,65-,66-,67?,68?,69?,70?,71?,72?,73?,74?;;;;;;;;/m0......../s1. The number of hydrogen-bond acceptors (Lipinski definition) is 54. The molecule has 46 nitrogen and oxygen atoms in total. The Balaban J connectivity index is 0.0000116. The van der Waals surface area contributed by atoms with Gasteiger partial charge < -0.3 is 226 Å². The molecule has 736 valence electrons. The molecule has 136 heavy (non-hydrogen) atoms. The first-order chi connectivity index (χ1) is 60.7. The minimum atomic E-state index is -2.34. The molecular formula is C74H108Na8O46S8. The molecule has 40 atom stereocenters. The van der Waals surface area contributed by atoms with E-state index in [0.29, 0.717) is 0 Å². The van der Waals surface area contributed by atoms with Crippen LogP contribution in [0.4, 0.5) is 0 Å². The van der Waals surface area contributed by atoms with Gasteiger partial charge in [0.05, 0.1) is 61.0 Å². The second kappa shape index (κ2) is 70.0. The summed E-state index contributed by atoms with van der Waals surface area (Å²) in [5.74, 6) is -18.7. The Morgan fingerprint density at radius 2 is 0.316 bits per heavy atom. The third kappa shape index (κ3) is 41.6. The van der Waals surface area contributed by atoms with Crippen LogP contribution < -0.4 is 277 Å². The van der Waals surface area contributed by atoms with Gasteiger partial charge in [-0.25, -0.2) is 0 Å². The van der Waals surface area contributed by atoms with Gasteiger partial charge in [-0.05, 0) is 97.4 Å². The van der Waals surface area contributed by atoms with Crippen molar-refractivity contribution in [3.63, 3.8) is 0 Å². The van der Waals surface area contributed by atoms with Crippen molar-refractivity contribution in [3.8, 4) is 0 Å². The maximum absolute atomic E-state index is 12.5. The van der Waals surface area contributed by atoms with Crippen molar-refractivity contribution in [2.45, 2.75) is 299 Å². The molecule has 0 spiro atoms. The molecule has 62 heteroatoms. The average molecular weight is 2170 g/mol. The van der Waals surface area contributed by atoms with Crippen LogP contribution in [0.5, 0.6) is 0 Å². The van der Waals surface area contributed by atoms with Gasteiger partial charge in [-0.1, -0.05) is 13.8 Å². The van der Waals surface area contributed by atoms with Crippen molar-refractivity contribution in [1.82, 2.24) is 0 Å². The number of carbonyl (C=O) groups excluding carboxylic acids is 8. The molecule has 30 rings (SSSR count). The van der Waals surface area contributed by atoms with Crippen LogP contribution in [0.2, 0.25) is 0 Å². The molecular weight excluding hydrogens is 2070 g/mol. The summed E-state index contributed by atoms with van der Waals surface area (Å²) >= 11 is 7.09. The summed E-state index contributed by atoms with van der Waals surface area (Å²) in [7, 11) is 0. The van der Waals surface area contributed by atoms with Gasteiger partial charge in [-0.2, -0.15) is 94.1 Å². The third-order valence-corrected chi connectivity index (χ3v) is 30.5. The molecule has 0 aromatic rings. The van der Waals surface area contributed by atoms with E-state index in [1.807, 2.05) is 0 Å². The normalized spacial score (nSPS) is 39.1. The molecule has 30 fully saturated rings. The van der Waals surface area contributed by atoms with E-state index in [9.17, 15) is 151 Å². The van der Waals surface area contributed by atoms with Gasteiger partial charge in [0.25, 0.3) is 0 Å². The second-order valence-electron chi connectivity index (χ2n) is 31.3. The van der Waals surface area contributed by atoms with Crippen LogP contribution in [-0.2, 0) is 114 Å². The van der Waals surface area contributed by atoms with Crippen LogP contribution in [0.3, 0.4) is 0 Å². The molecule has 0 saturated carbocycles. The largest absolute Gasteiger partial charge is 1.00 e. The van der Waals surface area contributed by atoms with Gasteiger partial charge >= 0.3 is 236 Å². The number of carboxylic acids is 8. The van der Waals surface area contributed by atoms with Crippen LogP contribution in [0.1, 0.15) is 65.2 Å². The van der Waals surface area contributed by atoms with Crippen LogP contribution in [0.25, 0.3) is 0 Å². The predicted octanol–water partition coefficient (Wildman–Crippen LogP) is -39.8. The Bertz CT molecular complexity index is 2870. The molecule has 0 aromatic heterocycles. The van der Waals surface area contributed by atoms with E-state index in [4.69, 9.17) is 75.8 Å². The number of carboxylic acid groups (broad SMARTS) is 8. The number of carbonyl (C=O) groups is 8. The SMILES string of the molecule is C[C@@H]1[C@H]2OC3O[C@@H](CSCCC(=O)[O-])[C@H](OC4O[C@@H](CSCCC(=O)[O-])[C@H](OC5O[C@@H](CSCCC(=O)[O-])[C@H](OC6O[C@@H](CSCCC(=O)[O-])[C@H](OC7O[C@@H](CSCCC(=O)[O-])[C@H](OC8O[C@@H](CSCCC(=O)[O-])[C@H](OC9O[C@@H](CSCCC(=O)[O-])[C@H](OC(O[C@H]2CSCCC(=O)[O-])[C@H]1O)[C@@H](O)[C@@H]9O)[C@@H](O)[C@@H]8O)[C@@H](O)[C@@H]7O)[C@@H](O)[C@@H]6O)[C@@H](O)[C@@H]5O)[C@@H](O)[C@@H]4C)[C@@H](O)[C@@H]3O.[Na+].[Na+].[Na+].[Na+].[Na+].[Na+].[Na+].[Na+]. The van der Waals surface area contributed by atoms with E-state index in [1.54, 1.807) is 0 Å². The summed E-state index contributed by atoms with van der Waals surface area (Å²) in [5, 5.41) is 265. The Labute approximate surface area is 993 Å². The number of hydrogen-bond donors (Lipinski definition) is 14. The molecule has 0 aromatic carbocycles. The predicted molar refractivity (Wildman–Crippen MR) is 426 cm³/mol. The summed E-state index contributed by atoms with van der Waals surface area (Å²) < 4.78 is 102. The van der Waals surface area contributed by atoms with Crippen molar-refractivity contribution in [2.24, 2.45) is 11.8 Å². The zero-order chi connectivity index (χ0) is 93.7. The van der Waals surface area contributed by atoms with E-state index >= 15 is 0 Å². The zero-order valence-corrected chi connectivity index (χ0v) is 99.2. The van der Waals surface area contributed by atoms with Crippen LogP contribution in [0, 0.1) is 11.8 Å². The number of thioether (sulfide) groups is 8. The van der Waals surface area contributed by atoms with Gasteiger partial charge in [-0.15, -0.1) is 0 Å². The summed E-state index contributed by atoms with van der Waals surface area (Å²) in [5.41, 5.74) is 0. The van der Waals surface area contributed by atoms with Crippen LogP contribution in [0.15, 0.2) is 0 Å². The van der Waals surface area contributed by atoms with Gasteiger partial charge in [-0.3, -0.25) is 0 Å². The molecule has 8 unspecified atom stereocenters. The van der Waals surface area contributed by atoms with Gasteiger partial charge in [0.2, 0.25) is 0 Å². The van der Waals surface area contributed by atoms with Crippen molar-refractivity contribution in [1.29, 1.82) is 0 Å². The van der Waals surface area contributed by atoms with E-state index < -0.39 is 362 Å². The fourth-order valence-electron chi connectivity index (χ4n) is 15.1. The molecule has 30 aliphatic heterocycles. The van der Waals surface area contributed by atoms with E-state index in [1.165, 1.54) is 13.8 Å². The second-order valence-corrected chi connectivity index (χ2v) is 40.5. The monoisotopic (exact) mass is 2170 g/mol. The fraction of sp³-hybridized carbons (Fsp3) is 0.892. The third-order valence-electron chi connectivity index (χ3n) is 22.0. The molecule has 0 aliphatic carbocycles. The summed E-state index contributed by atoms with van der Waals surface area (Å²) in [4.78, 5) is 93.6. The Morgan fingerprint density at radius 3 is 0.485 bits per heavy atom. The number of aliphatic hydroxyl groups is 14. The summed E-state index contributed by atoms with van der Waals surface area (Å²) in [6.45, 7) is 2.77. The van der Waals surface area contributed by atoms with Gasteiger partial charge in [0.15, 0.2) is 50.3 Å². The molecule has 30 heterocycles. The maximum atomic E-state index is 12.5. The molecule has 30 aliphatic rings. The van der Waals surface area contributed by atoms with Crippen molar-refractivity contribution >= 4 is 142 Å². The first kappa shape index (κ1) is 139. The summed E-state index contributed by atoms with van der Waals surface area (Å²) in [6.07, 6.45) is -78.2. The first-order valence-corrected chi connectivity index (χ1v) is 50.2. The van der Waals surface area contributed by atoms with E-state index in [0.717, 1.165) is 94.1 Å². The minimum absolute atomic E-state index is 0. The van der Waals surface area contributed by atoms with Crippen molar-refractivity contribution < 1.29 is 463 Å². The Kier molecular flexibility index (Phi) is 71.7. The van der Waals surface area contributed by atoms with Crippen LogP contribution >= 0.6 is 94.1 Å². The van der Waals surface area contributed by atoms with Crippen LogP contribution in [-0.4, -0.2) is 445 Å². The average Bonchev–Trinajstić information content (AvgIpc) is 0.750. The Hall–Kier alpha value is 5.36. The number of rotatable bonds is 40. The minimum Gasteiger partial charge on any atom is -0.550 e. The number of ether oxygens (including phenoxy) is 16. The van der Waals surface area contributed by atoms with Crippen molar-refractivity contribution in [3.05, 3.63) is 0 Å². The summed E-state index contributed by atoms with van der Waals surface area (Å²) in [6, 6.07) is 0. The zero-order valence-electron chi connectivity index (χ0n) is 76.7. The molecule has 0 amide bonds. The number of aliphatic hydroxyl groups excluding tert-OH is 14. The maximum Gasteiger partial charge on any atom is 1.00 e. The smallest absolute Gasteiger partial charge is 0.550 e. The fourth-order valence-corrected chi connectivity index (χ4v) is 22.9. The number of aliphatic carboxylic acids is 8. The molecule has 0 radical (unpaired) electrons. The van der Waals surface area contributed by atoms with E-state index in [2.05, 4.69) is 0 Å². The van der Waals surface area contributed by atoms with Gasteiger partial charge in [0, 0.05) is 106 Å². The van der Waals surface area contributed by atoms with Gasteiger partial charge in [0.1, 0.15) is 122 Å². The first-order valence-electron chi connectivity index (χ1n) is 41.0. The molecule has 16 bridgehead atoms.